The molecule has 0 aromatic rings. The van der Waals surface area contributed by atoms with Crippen LogP contribution in [0.15, 0.2) is 0 Å². The fourth-order valence-corrected chi connectivity index (χ4v) is 3.36. The fourth-order valence-electron chi connectivity index (χ4n) is 3.36. The Morgan fingerprint density at radius 2 is 1.78 bits per heavy atom. The van der Waals surface area contributed by atoms with E-state index in [-0.39, 0.29) is 5.92 Å². The third-order valence-corrected chi connectivity index (χ3v) is 4.71. The van der Waals surface area contributed by atoms with Crippen molar-refractivity contribution in [1.82, 2.24) is 0 Å². The van der Waals surface area contributed by atoms with Gasteiger partial charge in [0, 0.05) is 0 Å². The smallest absolute Gasteiger partial charge is 0.332 e. The highest BCUT2D eigenvalue weighted by atomic mass is 16.6. The molecular formula is C15H26O8. The van der Waals surface area contributed by atoms with E-state index in [1.165, 1.54) is 0 Å². The molecule has 1 aliphatic heterocycles. The summed E-state index contributed by atoms with van der Waals surface area (Å²) in [6.45, 7) is -0.578. The molecule has 0 bridgehead atoms. The minimum absolute atomic E-state index is 0.234. The van der Waals surface area contributed by atoms with Crippen LogP contribution in [-0.4, -0.2) is 74.9 Å². The summed E-state index contributed by atoms with van der Waals surface area (Å²) in [6.07, 6.45) is -2.86. The van der Waals surface area contributed by atoms with Crippen molar-refractivity contribution in [2.75, 3.05) is 6.61 Å². The first-order valence-electron chi connectivity index (χ1n) is 8.12. The van der Waals surface area contributed by atoms with Crippen LogP contribution in [0.2, 0.25) is 0 Å². The topological polar surface area (TPSA) is 137 Å². The molecule has 1 saturated heterocycles. The Bertz CT molecular complexity index is 384. The molecule has 6 atom stereocenters. The van der Waals surface area contributed by atoms with Crippen molar-refractivity contribution in [3.05, 3.63) is 0 Å². The molecule has 0 aromatic heterocycles. The van der Waals surface area contributed by atoms with Gasteiger partial charge in [0.15, 0.2) is 12.4 Å². The van der Waals surface area contributed by atoms with Crippen molar-refractivity contribution >= 4 is 5.97 Å². The Labute approximate surface area is 134 Å². The minimum Gasteiger partial charge on any atom is -0.479 e. The lowest BCUT2D eigenvalue weighted by atomic mass is 9.85. The molecule has 134 valence electrons. The van der Waals surface area contributed by atoms with E-state index in [0.717, 1.165) is 32.1 Å². The number of carbonyl (C=O) groups is 1. The van der Waals surface area contributed by atoms with Crippen LogP contribution in [0.1, 0.15) is 38.5 Å². The second kappa shape index (κ2) is 8.36. The van der Waals surface area contributed by atoms with E-state index >= 15 is 0 Å². The molecule has 1 saturated carbocycles. The van der Waals surface area contributed by atoms with Gasteiger partial charge in [-0.05, 0) is 12.3 Å². The van der Waals surface area contributed by atoms with E-state index in [2.05, 4.69) is 0 Å². The van der Waals surface area contributed by atoms with Crippen LogP contribution in [0, 0.1) is 5.92 Å². The van der Waals surface area contributed by atoms with Crippen molar-refractivity contribution in [1.29, 1.82) is 0 Å². The van der Waals surface area contributed by atoms with Crippen molar-refractivity contribution in [2.24, 2.45) is 5.92 Å². The van der Waals surface area contributed by atoms with Gasteiger partial charge in [-0.2, -0.15) is 0 Å². The number of aliphatic hydroxyl groups is 4. The largest absolute Gasteiger partial charge is 0.479 e. The SMILES string of the molecule is O=C(O)[C@H](CC1CCCCC1)O[C@H]1[C@@H](O)[C@@H](CO)OC(O)[C@@H]1O. The number of hydrogen-bond acceptors (Lipinski definition) is 7. The lowest BCUT2D eigenvalue weighted by Gasteiger charge is -2.41. The van der Waals surface area contributed by atoms with Gasteiger partial charge in [0.05, 0.1) is 6.61 Å². The highest BCUT2D eigenvalue weighted by Gasteiger charge is 2.46. The van der Waals surface area contributed by atoms with Crippen LogP contribution in [0.3, 0.4) is 0 Å². The van der Waals surface area contributed by atoms with Gasteiger partial charge in [-0.3, -0.25) is 0 Å². The van der Waals surface area contributed by atoms with Gasteiger partial charge in [-0.1, -0.05) is 32.1 Å². The molecule has 23 heavy (non-hydrogen) atoms. The van der Waals surface area contributed by atoms with Gasteiger partial charge < -0.3 is 35.0 Å². The molecule has 0 radical (unpaired) electrons. The molecule has 2 fully saturated rings. The number of hydrogen-bond donors (Lipinski definition) is 5. The van der Waals surface area contributed by atoms with E-state index in [9.17, 15) is 25.2 Å². The summed E-state index contributed by atoms with van der Waals surface area (Å²) < 4.78 is 10.3. The monoisotopic (exact) mass is 334 g/mol. The zero-order valence-electron chi connectivity index (χ0n) is 13.0. The Morgan fingerprint density at radius 1 is 1.13 bits per heavy atom. The number of ether oxygens (including phenoxy) is 2. The summed E-state index contributed by atoms with van der Waals surface area (Å²) in [5.74, 6) is -0.936. The van der Waals surface area contributed by atoms with Crippen LogP contribution >= 0.6 is 0 Å². The third-order valence-electron chi connectivity index (χ3n) is 4.71. The van der Waals surface area contributed by atoms with Crippen molar-refractivity contribution in [3.8, 4) is 0 Å². The maximum absolute atomic E-state index is 11.5. The zero-order chi connectivity index (χ0) is 17.0. The van der Waals surface area contributed by atoms with E-state index in [1.54, 1.807) is 0 Å². The number of aliphatic hydroxyl groups excluding tert-OH is 4. The van der Waals surface area contributed by atoms with Gasteiger partial charge >= 0.3 is 5.97 Å². The van der Waals surface area contributed by atoms with Crippen molar-refractivity contribution in [3.63, 3.8) is 0 Å². The lowest BCUT2D eigenvalue weighted by Crippen LogP contribution is -2.60. The first-order chi connectivity index (χ1) is 10.9. The predicted octanol–water partition coefficient (Wildman–Crippen LogP) is -0.773. The average Bonchev–Trinajstić information content (AvgIpc) is 2.54. The maximum atomic E-state index is 11.5. The predicted molar refractivity (Wildman–Crippen MR) is 77.5 cm³/mol. The second-order valence-corrected chi connectivity index (χ2v) is 6.40. The number of rotatable bonds is 6. The first kappa shape index (κ1) is 18.6. The van der Waals surface area contributed by atoms with Crippen molar-refractivity contribution < 1.29 is 39.8 Å². The molecule has 0 amide bonds. The number of carboxylic acid groups (broad SMARTS) is 1. The molecule has 0 aromatic carbocycles. The van der Waals surface area contributed by atoms with Gasteiger partial charge in [0.1, 0.15) is 24.4 Å². The number of aliphatic carboxylic acids is 1. The molecule has 1 heterocycles. The van der Waals surface area contributed by atoms with Crippen LogP contribution in [0.4, 0.5) is 0 Å². The second-order valence-electron chi connectivity index (χ2n) is 6.40. The molecule has 2 rings (SSSR count). The van der Waals surface area contributed by atoms with Crippen molar-refractivity contribution in [2.45, 2.75) is 75.3 Å². The lowest BCUT2D eigenvalue weighted by molar-refractivity contribution is -0.300. The molecule has 8 heteroatoms. The van der Waals surface area contributed by atoms with Gasteiger partial charge in [-0.25, -0.2) is 4.79 Å². The Kier molecular flexibility index (Phi) is 6.75. The summed E-state index contributed by atoms with van der Waals surface area (Å²) in [7, 11) is 0. The maximum Gasteiger partial charge on any atom is 0.332 e. The molecule has 8 nitrogen and oxygen atoms in total. The average molecular weight is 334 g/mol. The fraction of sp³-hybridized carbons (Fsp3) is 0.933. The van der Waals surface area contributed by atoms with Crippen LogP contribution < -0.4 is 0 Å². The van der Waals surface area contributed by atoms with Crippen LogP contribution in [0.25, 0.3) is 0 Å². The van der Waals surface area contributed by atoms with E-state index in [1.807, 2.05) is 0 Å². The quantitative estimate of drug-likeness (QED) is 0.427. The van der Waals surface area contributed by atoms with Crippen LogP contribution in [0.5, 0.6) is 0 Å². The van der Waals surface area contributed by atoms with Crippen LogP contribution in [-0.2, 0) is 14.3 Å². The Morgan fingerprint density at radius 3 is 2.35 bits per heavy atom. The third kappa shape index (κ3) is 4.62. The molecule has 5 N–H and O–H groups in total. The van der Waals surface area contributed by atoms with Gasteiger partial charge in [0.2, 0.25) is 0 Å². The standard InChI is InChI=1S/C15H26O8/c16-7-10-11(17)13(12(18)15(21)23-10)22-9(14(19)20)6-8-4-2-1-3-5-8/h8-13,15-18,21H,1-7H2,(H,19,20)/t9-,10+,11-,12+,13-,15?/m0/s1. The summed E-state index contributed by atoms with van der Waals surface area (Å²) in [5.41, 5.74) is 0. The van der Waals surface area contributed by atoms with Gasteiger partial charge in [0.25, 0.3) is 0 Å². The minimum atomic E-state index is -1.65. The summed E-state index contributed by atoms with van der Waals surface area (Å²) in [4.78, 5) is 11.5. The molecule has 0 spiro atoms. The Balaban J connectivity index is 2.02. The van der Waals surface area contributed by atoms with E-state index < -0.39 is 49.4 Å². The highest BCUT2D eigenvalue weighted by molar-refractivity contribution is 5.72. The highest BCUT2D eigenvalue weighted by Crippen LogP contribution is 2.30. The van der Waals surface area contributed by atoms with E-state index in [0.29, 0.717) is 6.42 Å². The summed E-state index contributed by atoms with van der Waals surface area (Å²) >= 11 is 0. The van der Waals surface area contributed by atoms with Gasteiger partial charge in [-0.15, -0.1) is 0 Å². The van der Waals surface area contributed by atoms with E-state index in [4.69, 9.17) is 14.6 Å². The number of carboxylic acids is 1. The molecule has 1 aliphatic carbocycles. The zero-order valence-corrected chi connectivity index (χ0v) is 13.0. The molecule has 1 unspecified atom stereocenters. The Hall–Kier alpha value is -0.770. The molecule has 2 aliphatic rings. The molecular weight excluding hydrogens is 308 g/mol. The summed E-state index contributed by atoms with van der Waals surface area (Å²) in [6, 6.07) is 0. The summed E-state index contributed by atoms with van der Waals surface area (Å²) in [5, 5.41) is 48.1. The normalized spacial score (nSPS) is 37.5. The first-order valence-corrected chi connectivity index (χ1v) is 8.12.